The Bertz CT molecular complexity index is 1050. The van der Waals surface area contributed by atoms with Crippen molar-refractivity contribution >= 4 is 11.9 Å². The lowest BCUT2D eigenvalue weighted by atomic mass is 10.0. The number of unbranched alkanes of at least 4 members (excludes halogenated alkanes) is 47. The van der Waals surface area contributed by atoms with Gasteiger partial charge in [0.15, 0.2) is 0 Å². The third-order valence-corrected chi connectivity index (χ3v) is 15.1. The lowest BCUT2D eigenvalue weighted by Crippen LogP contribution is -2.45. The summed E-state index contributed by atoms with van der Waals surface area (Å²) in [5, 5.41) is 23.3. The highest BCUT2D eigenvalue weighted by Crippen LogP contribution is 2.18. The highest BCUT2D eigenvalue weighted by Gasteiger charge is 2.20. The van der Waals surface area contributed by atoms with Crippen LogP contribution in [-0.4, -0.2) is 47.4 Å². The SMILES string of the molecule is CCCCCCCCCCCCCCCCCCCCC(O)C(CO)NC(=O)CCCCCCCCCC/C=C\CCCCCCCCCCCCCCOC(=O)CCCCCCCCCCCCC. The minimum Gasteiger partial charge on any atom is -0.466 e. The van der Waals surface area contributed by atoms with Crippen LogP contribution in [0.25, 0.3) is 0 Å². The molecular weight excluding hydrogens is 863 g/mol. The fourth-order valence-electron chi connectivity index (χ4n) is 10.2. The number of hydrogen-bond acceptors (Lipinski definition) is 5. The average Bonchev–Trinajstić information content (AvgIpc) is 3.36. The number of carbonyl (C=O) groups is 2. The Morgan fingerprint density at radius 2 is 0.671 bits per heavy atom. The van der Waals surface area contributed by atoms with Crippen LogP contribution in [0, 0.1) is 0 Å². The van der Waals surface area contributed by atoms with E-state index in [0.29, 0.717) is 25.9 Å². The van der Waals surface area contributed by atoms with Gasteiger partial charge in [0.2, 0.25) is 5.91 Å². The third kappa shape index (κ3) is 55.9. The normalized spacial score (nSPS) is 12.6. The van der Waals surface area contributed by atoms with E-state index >= 15 is 0 Å². The van der Waals surface area contributed by atoms with Gasteiger partial charge in [0, 0.05) is 12.8 Å². The molecule has 2 unspecified atom stereocenters. The fraction of sp³-hybridized carbons (Fsp3) is 0.938. The van der Waals surface area contributed by atoms with Crippen molar-refractivity contribution in [2.75, 3.05) is 13.2 Å². The summed E-state index contributed by atoms with van der Waals surface area (Å²) in [5.74, 6) is -0.0230. The Kier molecular flexibility index (Phi) is 59.0. The van der Waals surface area contributed by atoms with Crippen LogP contribution < -0.4 is 5.32 Å². The Morgan fingerprint density at radius 3 is 1.01 bits per heavy atom. The maximum atomic E-state index is 12.5. The first kappa shape index (κ1) is 68.6. The van der Waals surface area contributed by atoms with Crippen LogP contribution in [0.2, 0.25) is 0 Å². The molecule has 0 saturated carbocycles. The topological polar surface area (TPSA) is 95.9 Å². The Hall–Kier alpha value is -1.40. The van der Waals surface area contributed by atoms with Gasteiger partial charge in [-0.05, 0) is 51.4 Å². The van der Waals surface area contributed by atoms with Crippen molar-refractivity contribution in [2.24, 2.45) is 0 Å². The second-order valence-electron chi connectivity index (χ2n) is 22.1. The van der Waals surface area contributed by atoms with E-state index in [-0.39, 0.29) is 18.5 Å². The van der Waals surface area contributed by atoms with Crippen LogP contribution in [0.4, 0.5) is 0 Å². The molecule has 0 radical (unpaired) electrons. The Labute approximate surface area is 438 Å². The average molecular weight is 989 g/mol. The highest BCUT2D eigenvalue weighted by molar-refractivity contribution is 5.76. The minimum absolute atomic E-state index is 0.0129. The third-order valence-electron chi connectivity index (χ3n) is 15.1. The number of nitrogens with one attached hydrogen (secondary N) is 1. The molecule has 0 aliphatic heterocycles. The number of carbonyl (C=O) groups excluding carboxylic acids is 2. The predicted octanol–water partition coefficient (Wildman–Crippen LogP) is 20.0. The zero-order chi connectivity index (χ0) is 50.7. The van der Waals surface area contributed by atoms with Crippen LogP contribution in [0.15, 0.2) is 12.2 Å². The van der Waals surface area contributed by atoms with Gasteiger partial charge in [-0.1, -0.05) is 309 Å². The standard InChI is InChI=1S/C64H125NO5/c1-3-5-7-9-11-13-15-16-17-18-27-30-33-37-40-44-48-52-56-62(67)61(60-66)65-63(68)57-53-49-45-41-38-34-31-28-25-23-21-19-20-22-24-26-29-32-35-39-43-47-51-55-59-70-64(69)58-54-50-46-42-36-14-12-10-8-6-4-2/h21,23,61-62,66-67H,3-20,22,24-60H2,1-2H3,(H,65,68)/b23-21-. The molecule has 6 heteroatoms. The molecule has 0 aromatic heterocycles. The smallest absolute Gasteiger partial charge is 0.305 e. The second kappa shape index (κ2) is 60.2. The lowest BCUT2D eigenvalue weighted by molar-refractivity contribution is -0.143. The fourth-order valence-corrected chi connectivity index (χ4v) is 10.2. The van der Waals surface area contributed by atoms with Gasteiger partial charge in [-0.25, -0.2) is 0 Å². The molecule has 6 nitrogen and oxygen atoms in total. The van der Waals surface area contributed by atoms with Crippen molar-refractivity contribution in [1.29, 1.82) is 0 Å². The molecule has 0 spiro atoms. The molecule has 3 N–H and O–H groups in total. The molecule has 0 aromatic carbocycles. The number of rotatable bonds is 60. The zero-order valence-corrected chi connectivity index (χ0v) is 47.5. The lowest BCUT2D eigenvalue weighted by Gasteiger charge is -2.22. The van der Waals surface area contributed by atoms with Crippen molar-refractivity contribution in [1.82, 2.24) is 5.32 Å². The van der Waals surface area contributed by atoms with Crippen LogP contribution in [0.5, 0.6) is 0 Å². The van der Waals surface area contributed by atoms with Crippen LogP contribution in [0.1, 0.15) is 361 Å². The zero-order valence-electron chi connectivity index (χ0n) is 47.5. The van der Waals surface area contributed by atoms with Gasteiger partial charge in [-0.15, -0.1) is 0 Å². The molecule has 0 bridgehead atoms. The summed E-state index contributed by atoms with van der Waals surface area (Å²) >= 11 is 0. The van der Waals surface area contributed by atoms with Gasteiger partial charge >= 0.3 is 5.97 Å². The van der Waals surface area contributed by atoms with Crippen molar-refractivity contribution in [3.05, 3.63) is 12.2 Å². The first-order valence-corrected chi connectivity index (χ1v) is 31.9. The van der Waals surface area contributed by atoms with E-state index in [2.05, 4.69) is 31.3 Å². The molecule has 0 aromatic rings. The van der Waals surface area contributed by atoms with Gasteiger partial charge in [-0.3, -0.25) is 9.59 Å². The van der Waals surface area contributed by atoms with Crippen LogP contribution in [0.3, 0.4) is 0 Å². The molecule has 0 heterocycles. The first-order valence-electron chi connectivity index (χ1n) is 31.9. The number of ether oxygens (including phenoxy) is 1. The van der Waals surface area contributed by atoms with Gasteiger partial charge in [-0.2, -0.15) is 0 Å². The molecule has 0 aliphatic carbocycles. The van der Waals surface area contributed by atoms with E-state index in [9.17, 15) is 19.8 Å². The van der Waals surface area contributed by atoms with Crippen molar-refractivity contribution in [2.45, 2.75) is 373 Å². The molecule has 0 saturated heterocycles. The van der Waals surface area contributed by atoms with Gasteiger partial charge in [0.05, 0.1) is 25.4 Å². The monoisotopic (exact) mass is 988 g/mol. The predicted molar refractivity (Wildman–Crippen MR) is 306 cm³/mol. The van der Waals surface area contributed by atoms with Crippen LogP contribution >= 0.6 is 0 Å². The Morgan fingerprint density at radius 1 is 0.386 bits per heavy atom. The van der Waals surface area contributed by atoms with E-state index < -0.39 is 12.1 Å². The molecule has 0 rings (SSSR count). The molecule has 416 valence electrons. The maximum absolute atomic E-state index is 12.5. The number of amides is 1. The number of hydrogen-bond donors (Lipinski definition) is 3. The molecule has 1 amide bonds. The quantitative estimate of drug-likeness (QED) is 0.0321. The minimum atomic E-state index is -0.667. The molecular formula is C64H125NO5. The largest absolute Gasteiger partial charge is 0.466 e. The van der Waals surface area contributed by atoms with Gasteiger partial charge in [0.25, 0.3) is 0 Å². The van der Waals surface area contributed by atoms with Gasteiger partial charge < -0.3 is 20.3 Å². The van der Waals surface area contributed by atoms with Gasteiger partial charge in [0.1, 0.15) is 0 Å². The second-order valence-corrected chi connectivity index (χ2v) is 22.1. The summed E-state index contributed by atoms with van der Waals surface area (Å²) in [6.07, 6.45) is 72.3. The van der Waals surface area contributed by atoms with E-state index in [1.54, 1.807) is 0 Å². The molecule has 2 atom stereocenters. The molecule has 0 aliphatic rings. The summed E-state index contributed by atoms with van der Waals surface area (Å²) in [6.45, 7) is 4.98. The van der Waals surface area contributed by atoms with Crippen molar-refractivity contribution in [3.8, 4) is 0 Å². The first-order chi connectivity index (χ1) is 34.5. The summed E-state index contributed by atoms with van der Waals surface area (Å²) in [5.41, 5.74) is 0. The summed E-state index contributed by atoms with van der Waals surface area (Å²) in [6, 6.07) is -0.544. The maximum Gasteiger partial charge on any atom is 0.305 e. The molecule has 0 fully saturated rings. The van der Waals surface area contributed by atoms with E-state index in [1.807, 2.05) is 0 Å². The van der Waals surface area contributed by atoms with Crippen LogP contribution in [-0.2, 0) is 14.3 Å². The number of allylic oxidation sites excluding steroid dienone is 2. The summed E-state index contributed by atoms with van der Waals surface area (Å²) in [7, 11) is 0. The Balaban J connectivity index is 3.40. The summed E-state index contributed by atoms with van der Waals surface area (Å²) in [4.78, 5) is 24.5. The van der Waals surface area contributed by atoms with Crippen molar-refractivity contribution < 1.29 is 24.5 Å². The van der Waals surface area contributed by atoms with E-state index in [0.717, 1.165) is 38.5 Å². The summed E-state index contributed by atoms with van der Waals surface area (Å²) < 4.78 is 5.47. The van der Waals surface area contributed by atoms with E-state index in [1.165, 1.54) is 289 Å². The number of aliphatic hydroxyl groups is 2. The highest BCUT2D eigenvalue weighted by atomic mass is 16.5. The molecule has 70 heavy (non-hydrogen) atoms. The number of esters is 1. The number of aliphatic hydroxyl groups excluding tert-OH is 2. The van der Waals surface area contributed by atoms with E-state index in [4.69, 9.17) is 4.74 Å². The van der Waals surface area contributed by atoms with Crippen molar-refractivity contribution in [3.63, 3.8) is 0 Å².